The van der Waals surface area contributed by atoms with Gasteiger partial charge in [0, 0.05) is 11.6 Å². The first kappa shape index (κ1) is 12.7. The Kier molecular flexibility index (Phi) is 3.51. The van der Waals surface area contributed by atoms with Crippen LogP contribution in [-0.2, 0) is 0 Å². The number of phenols is 2. The van der Waals surface area contributed by atoms with E-state index in [9.17, 15) is 15.0 Å². The van der Waals surface area contributed by atoms with E-state index >= 15 is 0 Å². The molecule has 0 bridgehead atoms. The fourth-order valence-electron chi connectivity index (χ4n) is 1.48. The maximum Gasteiger partial charge on any atom is 0.307 e. The fraction of sp³-hybridized carbons (Fsp3) is 0.0769. The largest absolute Gasteiger partial charge is 0.508 e. The molecule has 3 N–H and O–H groups in total. The van der Waals surface area contributed by atoms with Gasteiger partial charge >= 0.3 is 5.91 Å². The second-order valence-corrected chi connectivity index (χ2v) is 3.82. The number of rotatable bonds is 3. The minimum absolute atomic E-state index is 0.0475. The van der Waals surface area contributed by atoms with Gasteiger partial charge in [0.05, 0.1) is 12.0 Å². The maximum atomic E-state index is 11.6. The van der Waals surface area contributed by atoms with Crippen molar-refractivity contribution in [2.75, 3.05) is 0 Å². The van der Waals surface area contributed by atoms with Gasteiger partial charge in [0.1, 0.15) is 11.5 Å². The zero-order valence-electron chi connectivity index (χ0n) is 10.1. The molecule has 0 saturated heterocycles. The lowest BCUT2D eigenvalue weighted by atomic mass is 10.1. The van der Waals surface area contributed by atoms with Gasteiger partial charge in [-0.15, -0.1) is 0 Å². The van der Waals surface area contributed by atoms with Crippen LogP contribution in [0.25, 0.3) is 0 Å². The number of nitrogens with one attached hydrogen (secondary N) is 1. The highest BCUT2D eigenvalue weighted by atomic mass is 16.3. The first-order valence-corrected chi connectivity index (χ1v) is 5.48. The summed E-state index contributed by atoms with van der Waals surface area (Å²) in [5.74, 6) is -0.503. The quantitative estimate of drug-likeness (QED) is 0.579. The van der Waals surface area contributed by atoms with Crippen molar-refractivity contribution in [3.05, 3.63) is 47.9 Å². The highest BCUT2D eigenvalue weighted by molar-refractivity contribution is 6.02. The van der Waals surface area contributed by atoms with Crippen molar-refractivity contribution < 1.29 is 19.4 Å². The van der Waals surface area contributed by atoms with E-state index in [2.05, 4.69) is 10.5 Å². The van der Waals surface area contributed by atoms with Gasteiger partial charge in [0.15, 0.2) is 5.76 Å². The molecule has 0 fully saturated rings. The molecule has 0 aliphatic rings. The lowest BCUT2D eigenvalue weighted by Crippen LogP contribution is -2.18. The van der Waals surface area contributed by atoms with Crippen LogP contribution < -0.4 is 5.43 Å². The van der Waals surface area contributed by atoms with E-state index < -0.39 is 5.91 Å². The van der Waals surface area contributed by atoms with E-state index in [-0.39, 0.29) is 17.3 Å². The molecular formula is C13H12N2O4. The average molecular weight is 260 g/mol. The Labute approximate surface area is 109 Å². The number of hydrogen-bond acceptors (Lipinski definition) is 5. The van der Waals surface area contributed by atoms with Gasteiger partial charge < -0.3 is 14.6 Å². The number of nitrogens with zero attached hydrogens (tertiary/aromatic N) is 1. The molecule has 6 heteroatoms. The Morgan fingerprint density at radius 1 is 1.32 bits per heavy atom. The zero-order chi connectivity index (χ0) is 13.8. The summed E-state index contributed by atoms with van der Waals surface area (Å²) in [6.45, 7) is 1.62. The maximum absolute atomic E-state index is 11.6. The van der Waals surface area contributed by atoms with Crippen LogP contribution in [0.1, 0.15) is 23.0 Å². The minimum Gasteiger partial charge on any atom is -0.508 e. The highest BCUT2D eigenvalue weighted by Gasteiger charge is 2.09. The molecule has 98 valence electrons. The van der Waals surface area contributed by atoms with Crippen molar-refractivity contribution >= 4 is 11.6 Å². The van der Waals surface area contributed by atoms with E-state index in [1.807, 2.05) is 0 Å². The summed E-state index contributed by atoms with van der Waals surface area (Å²) < 4.78 is 4.91. The summed E-state index contributed by atoms with van der Waals surface area (Å²) in [5.41, 5.74) is 3.12. The van der Waals surface area contributed by atoms with E-state index in [0.717, 1.165) is 0 Å². The molecule has 0 radical (unpaired) electrons. The first-order valence-electron chi connectivity index (χ1n) is 5.48. The number of aromatic hydroxyl groups is 2. The fourth-order valence-corrected chi connectivity index (χ4v) is 1.48. The molecule has 0 aliphatic heterocycles. The molecule has 0 saturated carbocycles. The van der Waals surface area contributed by atoms with E-state index in [1.165, 1.54) is 30.5 Å². The number of carbonyl (C=O) groups excluding carboxylic acids is 1. The monoisotopic (exact) mass is 260 g/mol. The van der Waals surface area contributed by atoms with Gasteiger partial charge in [-0.3, -0.25) is 4.79 Å². The molecule has 2 aromatic rings. The van der Waals surface area contributed by atoms with Crippen LogP contribution in [0.4, 0.5) is 0 Å². The molecule has 6 nitrogen and oxygen atoms in total. The van der Waals surface area contributed by atoms with Crippen LogP contribution in [0.15, 0.2) is 46.1 Å². The topological polar surface area (TPSA) is 95.1 Å². The molecule has 0 aliphatic carbocycles. The van der Waals surface area contributed by atoms with Crippen LogP contribution in [0.2, 0.25) is 0 Å². The van der Waals surface area contributed by atoms with Crippen molar-refractivity contribution in [3.8, 4) is 11.5 Å². The molecule has 0 atom stereocenters. The predicted molar refractivity (Wildman–Crippen MR) is 68.2 cm³/mol. The number of hydrogen-bond donors (Lipinski definition) is 3. The van der Waals surface area contributed by atoms with Gasteiger partial charge in [-0.1, -0.05) is 0 Å². The van der Waals surface area contributed by atoms with Gasteiger partial charge in [-0.05, 0) is 31.2 Å². The standard InChI is InChI=1S/C13H12N2O4/c1-8(10-5-4-9(16)7-11(10)17)14-15-13(18)12-3-2-6-19-12/h2-7,16-17H,1H3,(H,15,18)/b14-8-. The SMILES string of the molecule is C/C(=N/NC(=O)c1ccco1)c1ccc(O)cc1O. The normalized spacial score (nSPS) is 11.3. The van der Waals surface area contributed by atoms with Gasteiger partial charge in [0.25, 0.3) is 0 Å². The summed E-state index contributed by atoms with van der Waals surface area (Å²) in [6.07, 6.45) is 1.39. The third-order valence-corrected chi connectivity index (χ3v) is 2.44. The van der Waals surface area contributed by atoms with Crippen molar-refractivity contribution in [1.29, 1.82) is 0 Å². The summed E-state index contributed by atoms with van der Waals surface area (Å²) in [5, 5.41) is 22.7. The van der Waals surface area contributed by atoms with Crippen LogP contribution in [-0.4, -0.2) is 21.8 Å². The molecule has 1 amide bonds. The number of carbonyl (C=O) groups is 1. The Hall–Kier alpha value is -2.76. The number of phenolic OH excluding ortho intramolecular Hbond substituents is 2. The summed E-state index contributed by atoms with van der Waals surface area (Å²) in [6, 6.07) is 7.23. The van der Waals surface area contributed by atoms with Crippen molar-refractivity contribution in [1.82, 2.24) is 5.43 Å². The van der Waals surface area contributed by atoms with Crippen LogP contribution in [0, 0.1) is 0 Å². The molecule has 1 aromatic carbocycles. The minimum atomic E-state index is -0.484. The average Bonchev–Trinajstić information content (AvgIpc) is 2.89. The third kappa shape index (κ3) is 2.92. The molecule has 0 spiro atoms. The number of amides is 1. The lowest BCUT2D eigenvalue weighted by Gasteiger charge is -2.04. The smallest absolute Gasteiger partial charge is 0.307 e. The van der Waals surface area contributed by atoms with E-state index in [1.54, 1.807) is 13.0 Å². The van der Waals surface area contributed by atoms with Crippen LogP contribution >= 0.6 is 0 Å². The summed E-state index contributed by atoms with van der Waals surface area (Å²) in [7, 11) is 0. The molecular weight excluding hydrogens is 248 g/mol. The van der Waals surface area contributed by atoms with E-state index in [4.69, 9.17) is 4.42 Å². The van der Waals surface area contributed by atoms with Crippen molar-refractivity contribution in [2.24, 2.45) is 5.10 Å². The number of hydrazone groups is 1. The lowest BCUT2D eigenvalue weighted by molar-refractivity contribution is 0.0927. The van der Waals surface area contributed by atoms with Gasteiger partial charge in [-0.2, -0.15) is 5.10 Å². The Morgan fingerprint density at radius 2 is 2.11 bits per heavy atom. The molecule has 0 unspecified atom stereocenters. The Morgan fingerprint density at radius 3 is 2.74 bits per heavy atom. The van der Waals surface area contributed by atoms with Crippen LogP contribution in [0.5, 0.6) is 11.5 Å². The summed E-state index contributed by atoms with van der Waals surface area (Å²) in [4.78, 5) is 11.6. The van der Waals surface area contributed by atoms with E-state index in [0.29, 0.717) is 11.3 Å². The highest BCUT2D eigenvalue weighted by Crippen LogP contribution is 2.22. The van der Waals surface area contributed by atoms with Gasteiger partial charge in [0.2, 0.25) is 0 Å². The number of benzene rings is 1. The molecule has 19 heavy (non-hydrogen) atoms. The second-order valence-electron chi connectivity index (χ2n) is 3.82. The van der Waals surface area contributed by atoms with Crippen molar-refractivity contribution in [2.45, 2.75) is 6.92 Å². The molecule has 1 aromatic heterocycles. The van der Waals surface area contributed by atoms with Gasteiger partial charge in [-0.25, -0.2) is 5.43 Å². The third-order valence-electron chi connectivity index (χ3n) is 2.44. The van der Waals surface area contributed by atoms with Crippen molar-refractivity contribution in [3.63, 3.8) is 0 Å². The zero-order valence-corrected chi connectivity index (χ0v) is 10.1. The molecule has 2 rings (SSSR count). The molecule has 1 heterocycles. The summed E-state index contributed by atoms with van der Waals surface area (Å²) >= 11 is 0. The number of furan rings is 1. The van der Waals surface area contributed by atoms with Crippen LogP contribution in [0.3, 0.4) is 0 Å². The second kappa shape index (κ2) is 5.26. The Bertz CT molecular complexity index is 618. The predicted octanol–water partition coefficient (Wildman–Crippen LogP) is 1.84. The Balaban J connectivity index is 2.13. The first-order chi connectivity index (χ1) is 9.08.